The van der Waals surface area contributed by atoms with Crippen LogP contribution in [0.2, 0.25) is 0 Å². The zero-order valence-electron chi connectivity index (χ0n) is 11.0. The number of nitro groups is 1. The Morgan fingerprint density at radius 1 is 1.58 bits per heavy atom. The minimum absolute atomic E-state index is 0.112. The molecule has 0 saturated carbocycles. The number of aliphatic hydroxyl groups excluding tert-OH is 1. The lowest BCUT2D eigenvalue weighted by molar-refractivity contribution is -0.386. The van der Waals surface area contributed by atoms with Gasteiger partial charge in [0.15, 0.2) is 0 Å². The van der Waals surface area contributed by atoms with Crippen LogP contribution in [0.25, 0.3) is 0 Å². The van der Waals surface area contributed by atoms with Crippen molar-refractivity contribution in [3.8, 4) is 5.75 Å². The number of allylic oxidation sites excluding steroid dienone is 1. The maximum atomic E-state index is 11.1. The molecule has 1 aromatic rings. The van der Waals surface area contributed by atoms with Crippen molar-refractivity contribution in [1.29, 1.82) is 0 Å². The topological polar surface area (TPSA) is 72.6 Å². The molecule has 5 nitrogen and oxygen atoms in total. The Balaban J connectivity index is 3.23. The first-order valence-electron chi connectivity index (χ1n) is 5.75. The van der Waals surface area contributed by atoms with Crippen LogP contribution in [0.1, 0.15) is 32.4 Å². The summed E-state index contributed by atoms with van der Waals surface area (Å²) in [5.41, 5.74) is 1.29. The molecule has 0 fully saturated rings. The zero-order chi connectivity index (χ0) is 14.6. The van der Waals surface area contributed by atoms with Gasteiger partial charge >= 0.3 is 5.69 Å². The Bertz CT molecular complexity index is 508. The largest absolute Gasteiger partial charge is 0.482 e. The quantitative estimate of drug-likeness (QED) is 0.507. The van der Waals surface area contributed by atoms with Crippen LogP contribution in [0.5, 0.6) is 5.75 Å². The van der Waals surface area contributed by atoms with Gasteiger partial charge in [-0.1, -0.05) is 21.5 Å². The predicted octanol–water partition coefficient (Wildman–Crippen LogP) is 3.76. The molecule has 104 valence electrons. The summed E-state index contributed by atoms with van der Waals surface area (Å²) in [6.07, 6.45) is 0.968. The van der Waals surface area contributed by atoms with Crippen LogP contribution in [0.3, 0.4) is 0 Å². The van der Waals surface area contributed by atoms with E-state index in [1.807, 2.05) is 19.9 Å². The number of halogens is 1. The van der Waals surface area contributed by atoms with Gasteiger partial charge in [-0.3, -0.25) is 10.1 Å². The number of hydrogen-bond donors (Lipinski definition) is 1. The number of nitro benzene ring substituents is 1. The van der Waals surface area contributed by atoms with E-state index in [-0.39, 0.29) is 18.0 Å². The van der Waals surface area contributed by atoms with Gasteiger partial charge in [-0.15, -0.1) is 0 Å². The number of rotatable bonds is 5. The SMILES string of the molecule is CC(C)=CCOc1c([C@H](C)O)cc(Br)cc1[N+](=O)[O-]. The molecule has 0 aliphatic rings. The molecule has 0 amide bonds. The first-order chi connectivity index (χ1) is 8.82. The van der Waals surface area contributed by atoms with Crippen molar-refractivity contribution in [2.75, 3.05) is 6.61 Å². The van der Waals surface area contributed by atoms with Crippen molar-refractivity contribution in [1.82, 2.24) is 0 Å². The molecule has 0 aliphatic carbocycles. The van der Waals surface area contributed by atoms with Crippen molar-refractivity contribution in [2.24, 2.45) is 0 Å². The molecule has 0 spiro atoms. The van der Waals surface area contributed by atoms with E-state index < -0.39 is 11.0 Å². The molecule has 0 aromatic heterocycles. The van der Waals surface area contributed by atoms with Crippen LogP contribution in [0, 0.1) is 10.1 Å². The molecule has 1 atom stereocenters. The molecule has 6 heteroatoms. The second-order valence-electron chi connectivity index (χ2n) is 4.37. The Hall–Kier alpha value is -1.40. The summed E-state index contributed by atoms with van der Waals surface area (Å²) < 4.78 is 5.99. The highest BCUT2D eigenvalue weighted by Gasteiger charge is 2.23. The summed E-state index contributed by atoms with van der Waals surface area (Å²) in [6.45, 7) is 5.59. The zero-order valence-corrected chi connectivity index (χ0v) is 12.6. The fourth-order valence-electron chi connectivity index (χ4n) is 1.49. The molecule has 0 saturated heterocycles. The van der Waals surface area contributed by atoms with Gasteiger partial charge in [-0.2, -0.15) is 0 Å². The lowest BCUT2D eigenvalue weighted by atomic mass is 10.1. The van der Waals surface area contributed by atoms with E-state index in [2.05, 4.69) is 15.9 Å². The molecule has 0 aliphatic heterocycles. The highest BCUT2D eigenvalue weighted by Crippen LogP contribution is 2.37. The second kappa shape index (κ2) is 6.68. The first kappa shape index (κ1) is 15.7. The Kier molecular flexibility index (Phi) is 5.50. The Morgan fingerprint density at radius 2 is 2.21 bits per heavy atom. The molecule has 0 radical (unpaired) electrons. The number of hydrogen-bond acceptors (Lipinski definition) is 4. The molecule has 0 bridgehead atoms. The van der Waals surface area contributed by atoms with Crippen LogP contribution < -0.4 is 4.74 Å². The maximum absolute atomic E-state index is 11.1. The summed E-state index contributed by atoms with van der Waals surface area (Å²) in [5.74, 6) is 0.112. The summed E-state index contributed by atoms with van der Waals surface area (Å²) in [7, 11) is 0. The Labute approximate surface area is 120 Å². The molecule has 0 heterocycles. The predicted molar refractivity (Wildman–Crippen MR) is 76.4 cm³/mol. The number of benzene rings is 1. The molecule has 1 aromatic carbocycles. The average molecular weight is 330 g/mol. The normalized spacial score (nSPS) is 11.8. The van der Waals surface area contributed by atoms with Crippen molar-refractivity contribution in [3.05, 3.63) is 43.9 Å². The fraction of sp³-hybridized carbons (Fsp3) is 0.385. The summed E-state index contributed by atoms with van der Waals surface area (Å²) in [6, 6.07) is 2.99. The first-order valence-corrected chi connectivity index (χ1v) is 6.54. The van der Waals surface area contributed by atoms with E-state index in [1.165, 1.54) is 6.07 Å². The third-order valence-corrected chi connectivity index (χ3v) is 2.89. The highest BCUT2D eigenvalue weighted by atomic mass is 79.9. The van der Waals surface area contributed by atoms with Gasteiger partial charge in [0, 0.05) is 16.1 Å². The van der Waals surface area contributed by atoms with Crippen molar-refractivity contribution in [2.45, 2.75) is 26.9 Å². The van der Waals surface area contributed by atoms with Crippen molar-refractivity contribution >= 4 is 21.6 Å². The summed E-state index contributed by atoms with van der Waals surface area (Å²) in [5, 5.41) is 20.8. The third kappa shape index (κ3) is 4.33. The standard InChI is InChI=1S/C13H16BrNO4/c1-8(2)4-5-19-13-11(9(3)16)6-10(14)7-12(13)15(17)18/h4,6-7,9,16H,5H2,1-3H3/t9-/m0/s1. The molecular formula is C13H16BrNO4. The van der Waals surface area contributed by atoms with Crippen LogP contribution in [0.15, 0.2) is 28.3 Å². The average Bonchev–Trinajstić information content (AvgIpc) is 2.29. The monoisotopic (exact) mass is 329 g/mol. The van der Waals surface area contributed by atoms with E-state index in [9.17, 15) is 15.2 Å². The minimum Gasteiger partial charge on any atom is -0.482 e. The van der Waals surface area contributed by atoms with Gasteiger partial charge in [-0.05, 0) is 32.9 Å². The minimum atomic E-state index is -0.849. The van der Waals surface area contributed by atoms with Gasteiger partial charge in [0.2, 0.25) is 5.75 Å². The van der Waals surface area contributed by atoms with Gasteiger partial charge in [0.05, 0.1) is 11.0 Å². The van der Waals surface area contributed by atoms with Gasteiger partial charge in [0.1, 0.15) is 6.61 Å². The van der Waals surface area contributed by atoms with Crippen LogP contribution >= 0.6 is 15.9 Å². The van der Waals surface area contributed by atoms with Gasteiger partial charge < -0.3 is 9.84 Å². The van der Waals surface area contributed by atoms with Crippen LogP contribution in [-0.2, 0) is 0 Å². The fourth-order valence-corrected chi connectivity index (χ4v) is 1.96. The lowest BCUT2D eigenvalue weighted by Crippen LogP contribution is -2.04. The smallest absolute Gasteiger partial charge is 0.312 e. The number of nitrogens with zero attached hydrogens (tertiary/aromatic N) is 1. The Morgan fingerprint density at radius 3 is 2.68 bits per heavy atom. The van der Waals surface area contributed by atoms with E-state index >= 15 is 0 Å². The molecule has 0 unspecified atom stereocenters. The second-order valence-corrected chi connectivity index (χ2v) is 5.28. The van der Waals surface area contributed by atoms with Crippen molar-refractivity contribution in [3.63, 3.8) is 0 Å². The maximum Gasteiger partial charge on any atom is 0.312 e. The van der Waals surface area contributed by atoms with Gasteiger partial charge in [0.25, 0.3) is 0 Å². The molecular weight excluding hydrogens is 314 g/mol. The number of aliphatic hydroxyl groups is 1. The number of ether oxygens (including phenoxy) is 1. The molecule has 19 heavy (non-hydrogen) atoms. The van der Waals surface area contributed by atoms with E-state index in [1.54, 1.807) is 13.0 Å². The van der Waals surface area contributed by atoms with E-state index in [0.717, 1.165) is 5.57 Å². The van der Waals surface area contributed by atoms with Crippen molar-refractivity contribution < 1.29 is 14.8 Å². The van der Waals surface area contributed by atoms with Gasteiger partial charge in [-0.25, -0.2) is 0 Å². The third-order valence-electron chi connectivity index (χ3n) is 2.43. The summed E-state index contributed by atoms with van der Waals surface area (Å²) in [4.78, 5) is 10.5. The summed E-state index contributed by atoms with van der Waals surface area (Å²) >= 11 is 3.19. The van der Waals surface area contributed by atoms with E-state index in [4.69, 9.17) is 4.74 Å². The molecule has 1 N–H and O–H groups in total. The highest BCUT2D eigenvalue weighted by molar-refractivity contribution is 9.10. The molecule has 1 rings (SSSR count). The van der Waals surface area contributed by atoms with Crippen LogP contribution in [-0.4, -0.2) is 16.6 Å². The lowest BCUT2D eigenvalue weighted by Gasteiger charge is -2.13. The van der Waals surface area contributed by atoms with E-state index in [0.29, 0.717) is 10.0 Å². The van der Waals surface area contributed by atoms with Crippen LogP contribution in [0.4, 0.5) is 5.69 Å².